The molecule has 0 aromatic carbocycles. The van der Waals surface area contributed by atoms with Crippen molar-refractivity contribution in [2.45, 2.75) is 46.6 Å². The van der Waals surface area contributed by atoms with Crippen LogP contribution in [0.15, 0.2) is 17.5 Å². The summed E-state index contributed by atoms with van der Waals surface area (Å²) in [4.78, 5) is 4.40. The normalized spacial score (nSPS) is 12.8. The fourth-order valence-corrected chi connectivity index (χ4v) is 4.71. The third-order valence-corrected chi connectivity index (χ3v) is 5.61. The molecule has 0 aliphatic heterocycles. The predicted molar refractivity (Wildman–Crippen MR) is 87.6 cm³/mol. The number of hydrogen-bond donors (Lipinski definition) is 1. The maximum Gasteiger partial charge on any atom is 0.0770 e. The van der Waals surface area contributed by atoms with Gasteiger partial charge in [-0.2, -0.15) is 0 Å². The second-order valence-electron chi connectivity index (χ2n) is 4.96. The van der Waals surface area contributed by atoms with Crippen molar-refractivity contribution in [3.05, 3.63) is 43.3 Å². The van der Waals surface area contributed by atoms with Crippen LogP contribution in [-0.4, -0.2) is 6.54 Å². The quantitative estimate of drug-likeness (QED) is 0.783. The lowest BCUT2D eigenvalue weighted by molar-refractivity contribution is 0.608. The molecule has 19 heavy (non-hydrogen) atoms. The summed E-state index contributed by atoms with van der Waals surface area (Å²) in [5.74, 6) is 0. The van der Waals surface area contributed by atoms with Crippen molar-refractivity contribution in [1.82, 2.24) is 5.32 Å². The van der Waals surface area contributed by atoms with Crippen LogP contribution in [0.4, 0.5) is 0 Å². The highest BCUT2D eigenvalue weighted by atomic mass is 32.1. The van der Waals surface area contributed by atoms with Gasteiger partial charge in [0.15, 0.2) is 0 Å². The molecule has 0 radical (unpaired) electrons. The standard InChI is InChI=1S/C16H23NS2/c1-5-8-17-14(15-11(3)10-12(4)19-15)16-13(6-2)7-9-18-16/h7,9-10,14,17H,5-6,8H2,1-4H3. The van der Waals surface area contributed by atoms with E-state index in [1.807, 2.05) is 22.7 Å². The lowest BCUT2D eigenvalue weighted by Gasteiger charge is -2.19. The van der Waals surface area contributed by atoms with Crippen LogP contribution in [0.5, 0.6) is 0 Å². The Morgan fingerprint density at radius 1 is 1.21 bits per heavy atom. The first-order chi connectivity index (χ1) is 9.17. The minimum atomic E-state index is 0.383. The van der Waals surface area contributed by atoms with Crippen molar-refractivity contribution in [3.63, 3.8) is 0 Å². The van der Waals surface area contributed by atoms with Gasteiger partial charge in [0.1, 0.15) is 0 Å². The number of thiophene rings is 2. The van der Waals surface area contributed by atoms with E-state index in [-0.39, 0.29) is 0 Å². The average Bonchev–Trinajstić information content (AvgIpc) is 2.97. The maximum absolute atomic E-state index is 3.74. The van der Waals surface area contributed by atoms with Crippen LogP contribution in [0.3, 0.4) is 0 Å². The second kappa shape index (κ2) is 6.69. The monoisotopic (exact) mass is 293 g/mol. The van der Waals surface area contributed by atoms with E-state index >= 15 is 0 Å². The highest BCUT2D eigenvalue weighted by Crippen LogP contribution is 2.36. The molecule has 2 aromatic rings. The van der Waals surface area contributed by atoms with Crippen LogP contribution >= 0.6 is 22.7 Å². The average molecular weight is 294 g/mol. The molecular weight excluding hydrogens is 270 g/mol. The number of nitrogens with one attached hydrogen (secondary N) is 1. The Labute approximate surface area is 124 Å². The van der Waals surface area contributed by atoms with Crippen molar-refractivity contribution < 1.29 is 0 Å². The van der Waals surface area contributed by atoms with Gasteiger partial charge in [-0.05, 0) is 61.9 Å². The Balaban J connectivity index is 2.38. The third-order valence-electron chi connectivity index (χ3n) is 3.36. The highest BCUT2D eigenvalue weighted by molar-refractivity contribution is 7.13. The zero-order valence-electron chi connectivity index (χ0n) is 12.2. The molecule has 0 fully saturated rings. The second-order valence-corrected chi connectivity index (χ2v) is 7.19. The van der Waals surface area contributed by atoms with Gasteiger partial charge in [-0.15, -0.1) is 22.7 Å². The third kappa shape index (κ3) is 3.28. The molecule has 1 unspecified atom stereocenters. The summed E-state index contributed by atoms with van der Waals surface area (Å²) in [6.45, 7) is 9.98. The van der Waals surface area contributed by atoms with E-state index in [1.54, 1.807) is 0 Å². The van der Waals surface area contributed by atoms with Crippen LogP contribution in [0.25, 0.3) is 0 Å². The summed E-state index contributed by atoms with van der Waals surface area (Å²) in [6.07, 6.45) is 2.29. The van der Waals surface area contributed by atoms with Crippen molar-refractivity contribution in [2.24, 2.45) is 0 Å². The zero-order chi connectivity index (χ0) is 13.8. The molecule has 0 amide bonds. The topological polar surface area (TPSA) is 12.0 Å². The minimum absolute atomic E-state index is 0.383. The van der Waals surface area contributed by atoms with Crippen LogP contribution in [0, 0.1) is 13.8 Å². The molecule has 2 heterocycles. The summed E-state index contributed by atoms with van der Waals surface area (Å²) < 4.78 is 0. The molecular formula is C16H23NS2. The molecule has 2 rings (SSSR count). The Bertz CT molecular complexity index is 525. The van der Waals surface area contributed by atoms with Gasteiger partial charge in [0.25, 0.3) is 0 Å². The van der Waals surface area contributed by atoms with Crippen LogP contribution in [0.1, 0.15) is 52.1 Å². The summed E-state index contributed by atoms with van der Waals surface area (Å²) in [6, 6.07) is 4.96. The Hall–Kier alpha value is -0.640. The van der Waals surface area contributed by atoms with Crippen molar-refractivity contribution in [1.29, 1.82) is 0 Å². The molecule has 3 heteroatoms. The molecule has 0 spiro atoms. The Morgan fingerprint density at radius 3 is 2.58 bits per heavy atom. The Morgan fingerprint density at radius 2 is 2.00 bits per heavy atom. The van der Waals surface area contributed by atoms with Gasteiger partial charge in [0.05, 0.1) is 6.04 Å². The van der Waals surface area contributed by atoms with E-state index in [9.17, 15) is 0 Å². The van der Waals surface area contributed by atoms with Gasteiger partial charge in [0.2, 0.25) is 0 Å². The fraction of sp³-hybridized carbons (Fsp3) is 0.500. The summed E-state index contributed by atoms with van der Waals surface area (Å²) in [5.41, 5.74) is 2.91. The van der Waals surface area contributed by atoms with Gasteiger partial charge in [-0.3, -0.25) is 0 Å². The van der Waals surface area contributed by atoms with E-state index in [0.717, 1.165) is 13.0 Å². The first-order valence-electron chi connectivity index (χ1n) is 7.03. The molecule has 2 aromatic heterocycles. The number of aryl methyl sites for hydroxylation is 3. The summed E-state index contributed by atoms with van der Waals surface area (Å²) in [5, 5.41) is 5.96. The number of rotatable bonds is 6. The van der Waals surface area contributed by atoms with Gasteiger partial charge in [-0.1, -0.05) is 13.8 Å². The lowest BCUT2D eigenvalue weighted by Crippen LogP contribution is -2.23. The molecule has 1 atom stereocenters. The first-order valence-corrected chi connectivity index (χ1v) is 8.73. The largest absolute Gasteiger partial charge is 0.305 e. The molecule has 1 N–H and O–H groups in total. The molecule has 1 nitrogen and oxygen atoms in total. The summed E-state index contributed by atoms with van der Waals surface area (Å²) in [7, 11) is 0. The highest BCUT2D eigenvalue weighted by Gasteiger charge is 2.21. The smallest absolute Gasteiger partial charge is 0.0770 e. The minimum Gasteiger partial charge on any atom is -0.305 e. The molecule has 0 aliphatic carbocycles. The molecule has 0 aliphatic rings. The van der Waals surface area contributed by atoms with Crippen molar-refractivity contribution >= 4 is 22.7 Å². The van der Waals surface area contributed by atoms with Crippen LogP contribution in [0.2, 0.25) is 0 Å². The van der Waals surface area contributed by atoms with Gasteiger partial charge in [0, 0.05) is 14.6 Å². The van der Waals surface area contributed by atoms with E-state index < -0.39 is 0 Å². The van der Waals surface area contributed by atoms with Crippen molar-refractivity contribution in [3.8, 4) is 0 Å². The SMILES string of the molecule is CCCNC(c1sc(C)cc1C)c1sccc1CC. The van der Waals surface area contributed by atoms with E-state index in [2.05, 4.69) is 50.5 Å². The van der Waals surface area contributed by atoms with E-state index in [1.165, 1.54) is 32.2 Å². The van der Waals surface area contributed by atoms with Gasteiger partial charge >= 0.3 is 0 Å². The summed E-state index contributed by atoms with van der Waals surface area (Å²) >= 11 is 3.82. The van der Waals surface area contributed by atoms with E-state index in [0.29, 0.717) is 6.04 Å². The first kappa shape index (κ1) is 14.8. The maximum atomic E-state index is 3.74. The molecule has 0 saturated heterocycles. The molecule has 0 bridgehead atoms. The molecule has 104 valence electrons. The van der Waals surface area contributed by atoms with Crippen LogP contribution < -0.4 is 5.32 Å². The van der Waals surface area contributed by atoms with Gasteiger partial charge in [-0.25, -0.2) is 0 Å². The number of hydrogen-bond acceptors (Lipinski definition) is 3. The molecule has 0 saturated carbocycles. The fourth-order valence-electron chi connectivity index (χ4n) is 2.43. The van der Waals surface area contributed by atoms with Crippen molar-refractivity contribution in [2.75, 3.05) is 6.54 Å². The zero-order valence-corrected chi connectivity index (χ0v) is 13.9. The lowest BCUT2D eigenvalue weighted by atomic mass is 10.1. The van der Waals surface area contributed by atoms with Crippen LogP contribution in [-0.2, 0) is 6.42 Å². The Kier molecular flexibility index (Phi) is 5.20. The van der Waals surface area contributed by atoms with Gasteiger partial charge < -0.3 is 5.32 Å². The van der Waals surface area contributed by atoms with E-state index in [4.69, 9.17) is 0 Å². The predicted octanol–water partition coefficient (Wildman–Crippen LogP) is 5.08.